The Morgan fingerprint density at radius 3 is 1.46 bits per heavy atom. The highest BCUT2D eigenvalue weighted by atomic mass is 16.5. The summed E-state index contributed by atoms with van der Waals surface area (Å²) >= 11 is 0. The van der Waals surface area contributed by atoms with Crippen LogP contribution in [0.4, 0.5) is 0 Å². The Kier molecular flexibility index (Phi) is 9.46. The standard InChI is InChI=1S/C24H44O4/c1-23(2,17-25)15-5-7-19-9-11-21(27-19)13-14-22-12-10-20(28-22)8-6-16-24(3,4)18-26/h13-14,19-22,25-26H,5-12,15-18H2,1-4H3. The van der Waals surface area contributed by atoms with Crippen LogP contribution in [0.15, 0.2) is 12.2 Å². The molecule has 2 fully saturated rings. The van der Waals surface area contributed by atoms with Crippen LogP contribution in [0.3, 0.4) is 0 Å². The van der Waals surface area contributed by atoms with E-state index < -0.39 is 0 Å². The van der Waals surface area contributed by atoms with E-state index in [4.69, 9.17) is 9.47 Å². The minimum atomic E-state index is 0.0299. The van der Waals surface area contributed by atoms with Gasteiger partial charge in [-0.15, -0.1) is 0 Å². The molecule has 2 aliphatic rings. The first-order valence-corrected chi connectivity index (χ1v) is 11.4. The van der Waals surface area contributed by atoms with Crippen LogP contribution in [0.25, 0.3) is 0 Å². The van der Waals surface area contributed by atoms with Gasteiger partial charge in [0, 0.05) is 13.2 Å². The predicted octanol–water partition coefficient (Wildman–Crippen LogP) is 5.02. The van der Waals surface area contributed by atoms with E-state index >= 15 is 0 Å². The van der Waals surface area contributed by atoms with Gasteiger partial charge in [-0.25, -0.2) is 0 Å². The van der Waals surface area contributed by atoms with Crippen molar-refractivity contribution >= 4 is 0 Å². The number of ether oxygens (including phenoxy) is 2. The SMILES string of the molecule is CC(C)(CO)CCCC1CCC(C=CC2CCC(CCCC(C)(C)CO)O2)O1. The third-order valence-corrected chi connectivity index (χ3v) is 6.44. The highest BCUT2D eigenvalue weighted by molar-refractivity contribution is 4.99. The molecule has 2 saturated heterocycles. The third-order valence-electron chi connectivity index (χ3n) is 6.44. The van der Waals surface area contributed by atoms with Gasteiger partial charge in [-0.1, -0.05) is 52.7 Å². The molecule has 4 heteroatoms. The Balaban J connectivity index is 1.60. The summed E-state index contributed by atoms with van der Waals surface area (Å²) in [5.41, 5.74) is 0.0597. The van der Waals surface area contributed by atoms with Crippen LogP contribution in [0, 0.1) is 10.8 Å². The zero-order chi connectivity index (χ0) is 20.6. The molecule has 0 amide bonds. The van der Waals surface area contributed by atoms with E-state index in [2.05, 4.69) is 39.8 Å². The maximum absolute atomic E-state index is 9.35. The average molecular weight is 397 g/mol. The van der Waals surface area contributed by atoms with Gasteiger partial charge in [-0.05, 0) is 62.2 Å². The molecule has 2 aliphatic heterocycles. The number of hydrogen-bond donors (Lipinski definition) is 2. The molecule has 0 aromatic rings. The summed E-state index contributed by atoms with van der Waals surface area (Å²) in [6, 6.07) is 0. The number of rotatable bonds is 12. The maximum atomic E-state index is 9.35. The quantitative estimate of drug-likeness (QED) is 0.455. The molecule has 0 bridgehead atoms. The van der Waals surface area contributed by atoms with Gasteiger partial charge in [0.1, 0.15) is 0 Å². The number of aliphatic hydroxyl groups is 2. The highest BCUT2D eigenvalue weighted by Gasteiger charge is 2.27. The molecule has 2 rings (SSSR count). The Morgan fingerprint density at radius 1 is 0.714 bits per heavy atom. The lowest BCUT2D eigenvalue weighted by atomic mass is 9.87. The number of hydrogen-bond acceptors (Lipinski definition) is 4. The van der Waals surface area contributed by atoms with Gasteiger partial charge in [0.2, 0.25) is 0 Å². The minimum Gasteiger partial charge on any atom is -0.396 e. The second-order valence-electron chi connectivity index (χ2n) is 10.6. The van der Waals surface area contributed by atoms with E-state index in [1.165, 1.54) is 0 Å². The van der Waals surface area contributed by atoms with E-state index in [1.54, 1.807) is 0 Å². The molecule has 164 valence electrons. The fourth-order valence-electron chi connectivity index (χ4n) is 4.20. The zero-order valence-corrected chi connectivity index (χ0v) is 18.7. The molecule has 28 heavy (non-hydrogen) atoms. The van der Waals surface area contributed by atoms with Crippen molar-refractivity contribution in [2.75, 3.05) is 13.2 Å². The second kappa shape index (κ2) is 11.1. The molecular weight excluding hydrogens is 352 g/mol. The second-order valence-corrected chi connectivity index (χ2v) is 10.6. The number of aliphatic hydroxyl groups excluding tert-OH is 2. The summed E-state index contributed by atoms with van der Waals surface area (Å²) in [5, 5.41) is 18.7. The van der Waals surface area contributed by atoms with Gasteiger partial charge in [-0.2, -0.15) is 0 Å². The van der Waals surface area contributed by atoms with Crippen molar-refractivity contribution in [3.63, 3.8) is 0 Å². The van der Waals surface area contributed by atoms with Gasteiger partial charge in [0.25, 0.3) is 0 Å². The summed E-state index contributed by atoms with van der Waals surface area (Å²) in [4.78, 5) is 0. The lowest BCUT2D eigenvalue weighted by Gasteiger charge is -2.22. The molecule has 4 nitrogen and oxygen atoms in total. The van der Waals surface area contributed by atoms with Gasteiger partial charge in [0.05, 0.1) is 24.4 Å². The fourth-order valence-corrected chi connectivity index (χ4v) is 4.20. The Hall–Kier alpha value is -0.420. The van der Waals surface area contributed by atoms with Gasteiger partial charge in [-0.3, -0.25) is 0 Å². The fraction of sp³-hybridized carbons (Fsp3) is 0.917. The molecule has 2 heterocycles. The first kappa shape index (κ1) is 23.9. The van der Waals surface area contributed by atoms with E-state index in [-0.39, 0.29) is 36.3 Å². The minimum absolute atomic E-state index is 0.0299. The zero-order valence-electron chi connectivity index (χ0n) is 18.7. The van der Waals surface area contributed by atoms with Gasteiger partial charge >= 0.3 is 0 Å². The van der Waals surface area contributed by atoms with Crippen molar-refractivity contribution in [3.8, 4) is 0 Å². The van der Waals surface area contributed by atoms with Crippen molar-refractivity contribution in [2.24, 2.45) is 10.8 Å². The van der Waals surface area contributed by atoms with Crippen LogP contribution in [0.2, 0.25) is 0 Å². The lowest BCUT2D eigenvalue weighted by molar-refractivity contribution is 0.0517. The summed E-state index contributed by atoms with van der Waals surface area (Å²) in [5.74, 6) is 0. The van der Waals surface area contributed by atoms with E-state index in [0.29, 0.717) is 12.2 Å². The molecule has 0 spiro atoms. The van der Waals surface area contributed by atoms with Crippen molar-refractivity contribution in [3.05, 3.63) is 12.2 Å². The van der Waals surface area contributed by atoms with Crippen LogP contribution in [-0.2, 0) is 9.47 Å². The van der Waals surface area contributed by atoms with Gasteiger partial charge in [0.15, 0.2) is 0 Å². The van der Waals surface area contributed by atoms with Crippen LogP contribution in [-0.4, -0.2) is 47.8 Å². The molecule has 0 saturated carbocycles. The predicted molar refractivity (Wildman–Crippen MR) is 114 cm³/mol. The van der Waals surface area contributed by atoms with Crippen LogP contribution in [0.5, 0.6) is 0 Å². The Morgan fingerprint density at radius 2 is 1.11 bits per heavy atom. The largest absolute Gasteiger partial charge is 0.396 e. The molecule has 2 N–H and O–H groups in total. The third kappa shape index (κ3) is 8.52. The molecule has 0 aromatic heterocycles. The molecule has 4 unspecified atom stereocenters. The van der Waals surface area contributed by atoms with E-state index in [0.717, 1.165) is 64.2 Å². The van der Waals surface area contributed by atoms with Crippen LogP contribution >= 0.6 is 0 Å². The lowest BCUT2D eigenvalue weighted by Crippen LogP contribution is -2.18. The van der Waals surface area contributed by atoms with Crippen LogP contribution < -0.4 is 0 Å². The summed E-state index contributed by atoms with van der Waals surface area (Å²) < 4.78 is 12.4. The van der Waals surface area contributed by atoms with Gasteiger partial charge < -0.3 is 19.7 Å². The summed E-state index contributed by atoms with van der Waals surface area (Å²) in [7, 11) is 0. The average Bonchev–Trinajstić information content (AvgIpc) is 3.29. The molecule has 4 atom stereocenters. The Bertz CT molecular complexity index is 429. The van der Waals surface area contributed by atoms with Crippen molar-refractivity contribution in [1.82, 2.24) is 0 Å². The normalized spacial score (nSPS) is 29.2. The molecule has 0 aliphatic carbocycles. The summed E-state index contributed by atoms with van der Waals surface area (Å²) in [6.45, 7) is 9.00. The first-order valence-electron chi connectivity index (χ1n) is 11.4. The highest BCUT2D eigenvalue weighted by Crippen LogP contribution is 2.30. The molecule has 0 radical (unpaired) electrons. The van der Waals surface area contributed by atoms with Crippen LogP contribution in [0.1, 0.15) is 91.9 Å². The summed E-state index contributed by atoms with van der Waals surface area (Å²) in [6.07, 6.45) is 16.7. The van der Waals surface area contributed by atoms with E-state index in [9.17, 15) is 10.2 Å². The topological polar surface area (TPSA) is 58.9 Å². The first-order chi connectivity index (χ1) is 13.2. The smallest absolute Gasteiger partial charge is 0.0761 e. The monoisotopic (exact) mass is 396 g/mol. The molecule has 0 aromatic carbocycles. The van der Waals surface area contributed by atoms with Crippen molar-refractivity contribution < 1.29 is 19.7 Å². The van der Waals surface area contributed by atoms with Crippen molar-refractivity contribution in [2.45, 2.75) is 116 Å². The van der Waals surface area contributed by atoms with E-state index in [1.807, 2.05) is 0 Å². The Labute approximate surface area is 172 Å². The maximum Gasteiger partial charge on any atom is 0.0761 e. The van der Waals surface area contributed by atoms with Crippen molar-refractivity contribution in [1.29, 1.82) is 0 Å². The molecular formula is C24H44O4.